The number of thiocarbonyl (C=S) groups is 1. The van der Waals surface area contributed by atoms with Crippen LogP contribution < -0.4 is 11.1 Å². The lowest BCUT2D eigenvalue weighted by Crippen LogP contribution is -2.36. The summed E-state index contributed by atoms with van der Waals surface area (Å²) in [4.78, 5) is 10.9. The van der Waals surface area contributed by atoms with Gasteiger partial charge in [-0.15, -0.1) is 0 Å². The molecule has 0 aromatic heterocycles. The van der Waals surface area contributed by atoms with E-state index in [1.54, 1.807) is 0 Å². The Morgan fingerprint density at radius 1 is 1.62 bits per heavy atom. The van der Waals surface area contributed by atoms with Gasteiger partial charge in [-0.1, -0.05) is 29.9 Å². The van der Waals surface area contributed by atoms with Crippen LogP contribution in [0.4, 0.5) is 4.39 Å². The molecule has 0 spiro atoms. The van der Waals surface area contributed by atoms with Crippen molar-refractivity contribution in [1.82, 2.24) is 5.32 Å². The molecule has 0 aliphatic rings. The Morgan fingerprint density at radius 2 is 2.25 bits per heavy atom. The minimum Gasteiger partial charge on any atom is -0.391 e. The zero-order valence-electron chi connectivity index (χ0n) is 8.46. The zero-order valence-corrected chi connectivity index (χ0v) is 10.0. The Balaban J connectivity index is 3.20. The molecule has 0 heterocycles. The second kappa shape index (κ2) is 5.23. The molecule has 1 aromatic rings. The van der Waals surface area contributed by atoms with Crippen LogP contribution in [0, 0.1) is 5.82 Å². The highest BCUT2D eigenvalue weighted by atomic mass is 35.5. The van der Waals surface area contributed by atoms with Crippen LogP contribution in [0.1, 0.15) is 18.5 Å². The summed E-state index contributed by atoms with van der Waals surface area (Å²) in [6.45, 7) is 1.29. The number of halogens is 2. The number of nitrogens with one attached hydrogen (secondary N) is 1. The van der Waals surface area contributed by atoms with Crippen molar-refractivity contribution in [2.45, 2.75) is 13.0 Å². The first-order chi connectivity index (χ1) is 7.43. The summed E-state index contributed by atoms with van der Waals surface area (Å²) in [7, 11) is 0. The molecule has 0 aliphatic heterocycles. The van der Waals surface area contributed by atoms with Crippen molar-refractivity contribution in [2.75, 3.05) is 0 Å². The van der Waals surface area contributed by atoms with Gasteiger partial charge < -0.3 is 11.1 Å². The zero-order chi connectivity index (χ0) is 12.3. The molecule has 6 heteroatoms. The molecule has 0 radical (unpaired) electrons. The van der Waals surface area contributed by atoms with Crippen LogP contribution in [0.3, 0.4) is 0 Å². The van der Waals surface area contributed by atoms with Crippen LogP contribution in [-0.2, 0) is 4.79 Å². The van der Waals surface area contributed by atoms with Crippen molar-refractivity contribution in [3.8, 4) is 0 Å². The first kappa shape index (κ1) is 12.9. The number of amides is 1. The molecule has 1 unspecified atom stereocenters. The van der Waals surface area contributed by atoms with Gasteiger partial charge in [0.05, 0.1) is 0 Å². The van der Waals surface area contributed by atoms with E-state index in [1.165, 1.54) is 25.1 Å². The average Bonchev–Trinajstić information content (AvgIpc) is 2.15. The largest absolute Gasteiger partial charge is 0.391 e. The Morgan fingerprint density at radius 3 is 2.69 bits per heavy atom. The molecule has 3 N–H and O–H groups in total. The van der Waals surface area contributed by atoms with E-state index in [4.69, 9.17) is 29.6 Å². The van der Waals surface area contributed by atoms with Crippen LogP contribution in [0.2, 0.25) is 5.02 Å². The van der Waals surface area contributed by atoms with Crippen LogP contribution in [0.5, 0.6) is 0 Å². The van der Waals surface area contributed by atoms with Gasteiger partial charge in [0, 0.05) is 17.5 Å². The average molecular weight is 261 g/mol. The van der Waals surface area contributed by atoms with Gasteiger partial charge in [0.25, 0.3) is 0 Å². The number of hydrogen-bond donors (Lipinski definition) is 2. The van der Waals surface area contributed by atoms with Crippen molar-refractivity contribution < 1.29 is 9.18 Å². The van der Waals surface area contributed by atoms with Gasteiger partial charge >= 0.3 is 0 Å². The lowest BCUT2D eigenvalue weighted by molar-refractivity contribution is -0.119. The molecular formula is C10H10ClFN2OS. The highest BCUT2D eigenvalue weighted by molar-refractivity contribution is 7.80. The minimum atomic E-state index is -0.888. The summed E-state index contributed by atoms with van der Waals surface area (Å²) >= 11 is 10.6. The van der Waals surface area contributed by atoms with E-state index >= 15 is 0 Å². The number of benzene rings is 1. The molecule has 0 saturated carbocycles. The predicted octanol–water partition coefficient (Wildman–Crippen LogP) is 1.94. The fraction of sp³-hybridized carbons (Fsp3) is 0.200. The summed E-state index contributed by atoms with van der Waals surface area (Å²) in [6, 6.07) is 3.31. The van der Waals surface area contributed by atoms with Crippen molar-refractivity contribution in [3.63, 3.8) is 0 Å². The molecule has 0 saturated heterocycles. The van der Waals surface area contributed by atoms with E-state index in [1.807, 2.05) is 0 Å². The molecule has 0 fully saturated rings. The number of nitrogens with two attached hydrogens (primary N) is 1. The standard InChI is InChI=1S/C10H10ClFN2OS/c1-5(15)14-9(10(13)16)8-6(11)3-2-4-7(8)12/h2-4,9H,1H3,(H2,13,16)(H,14,15). The predicted molar refractivity (Wildman–Crippen MR) is 64.8 cm³/mol. The van der Waals surface area contributed by atoms with Gasteiger partial charge in [-0.25, -0.2) is 4.39 Å². The summed E-state index contributed by atoms with van der Waals surface area (Å²) in [5.41, 5.74) is 5.54. The van der Waals surface area contributed by atoms with Gasteiger partial charge in [0.1, 0.15) is 16.8 Å². The monoisotopic (exact) mass is 260 g/mol. The molecule has 1 atom stereocenters. The second-order valence-electron chi connectivity index (χ2n) is 3.17. The lowest BCUT2D eigenvalue weighted by Gasteiger charge is -2.18. The third kappa shape index (κ3) is 2.90. The number of carbonyl (C=O) groups is 1. The van der Waals surface area contributed by atoms with E-state index < -0.39 is 11.9 Å². The van der Waals surface area contributed by atoms with Crippen molar-refractivity contribution >= 4 is 34.7 Å². The molecule has 1 rings (SSSR count). The Bertz CT molecular complexity index is 419. The summed E-state index contributed by atoms with van der Waals surface area (Å²) in [6.07, 6.45) is 0. The number of carbonyl (C=O) groups excluding carboxylic acids is 1. The van der Waals surface area contributed by atoms with E-state index in [0.717, 1.165) is 0 Å². The maximum absolute atomic E-state index is 13.6. The van der Waals surface area contributed by atoms with Crippen molar-refractivity contribution in [3.05, 3.63) is 34.6 Å². The smallest absolute Gasteiger partial charge is 0.217 e. The highest BCUT2D eigenvalue weighted by Gasteiger charge is 2.22. The van der Waals surface area contributed by atoms with Gasteiger partial charge in [-0.05, 0) is 12.1 Å². The fourth-order valence-corrected chi connectivity index (χ4v) is 1.72. The van der Waals surface area contributed by atoms with E-state index in [-0.39, 0.29) is 21.5 Å². The van der Waals surface area contributed by atoms with E-state index in [9.17, 15) is 9.18 Å². The molecule has 0 bridgehead atoms. The van der Waals surface area contributed by atoms with Crippen LogP contribution in [0.25, 0.3) is 0 Å². The van der Waals surface area contributed by atoms with Gasteiger partial charge in [-0.2, -0.15) is 0 Å². The van der Waals surface area contributed by atoms with Gasteiger partial charge in [-0.3, -0.25) is 4.79 Å². The Hall–Kier alpha value is -1.20. The Kier molecular flexibility index (Phi) is 4.20. The lowest BCUT2D eigenvalue weighted by atomic mass is 10.1. The van der Waals surface area contributed by atoms with Crippen LogP contribution in [0.15, 0.2) is 18.2 Å². The third-order valence-electron chi connectivity index (χ3n) is 1.92. The summed E-state index contributed by atoms with van der Waals surface area (Å²) in [5, 5.41) is 2.62. The molecule has 1 aromatic carbocycles. The molecule has 16 heavy (non-hydrogen) atoms. The molecule has 0 aliphatic carbocycles. The van der Waals surface area contributed by atoms with Crippen LogP contribution >= 0.6 is 23.8 Å². The maximum Gasteiger partial charge on any atom is 0.217 e. The number of hydrogen-bond acceptors (Lipinski definition) is 2. The normalized spacial score (nSPS) is 11.9. The molecular weight excluding hydrogens is 251 g/mol. The quantitative estimate of drug-likeness (QED) is 0.817. The summed E-state index contributed by atoms with van der Waals surface area (Å²) in [5.74, 6) is -0.920. The summed E-state index contributed by atoms with van der Waals surface area (Å²) < 4.78 is 13.6. The maximum atomic E-state index is 13.6. The molecule has 1 amide bonds. The highest BCUT2D eigenvalue weighted by Crippen LogP contribution is 2.26. The van der Waals surface area contributed by atoms with Gasteiger partial charge in [0.2, 0.25) is 5.91 Å². The minimum absolute atomic E-state index is 0.0396. The topological polar surface area (TPSA) is 55.1 Å². The van der Waals surface area contributed by atoms with Gasteiger partial charge in [0.15, 0.2) is 0 Å². The number of rotatable bonds is 3. The molecule has 86 valence electrons. The van der Waals surface area contributed by atoms with E-state index in [2.05, 4.69) is 5.32 Å². The molecule has 3 nitrogen and oxygen atoms in total. The SMILES string of the molecule is CC(=O)NC(C(N)=S)c1c(F)cccc1Cl. The van der Waals surface area contributed by atoms with Crippen molar-refractivity contribution in [2.24, 2.45) is 5.73 Å². The third-order valence-corrected chi connectivity index (χ3v) is 2.49. The van der Waals surface area contributed by atoms with Crippen LogP contribution in [-0.4, -0.2) is 10.9 Å². The first-order valence-electron chi connectivity index (χ1n) is 4.43. The van der Waals surface area contributed by atoms with E-state index in [0.29, 0.717) is 0 Å². The second-order valence-corrected chi connectivity index (χ2v) is 4.05. The first-order valence-corrected chi connectivity index (χ1v) is 5.22. The fourth-order valence-electron chi connectivity index (χ4n) is 1.28. The Labute approximate surface area is 103 Å². The van der Waals surface area contributed by atoms with Crippen molar-refractivity contribution in [1.29, 1.82) is 0 Å².